The predicted octanol–water partition coefficient (Wildman–Crippen LogP) is 3.97. The zero-order valence-corrected chi connectivity index (χ0v) is 15.2. The molecule has 1 aliphatic carbocycles. The van der Waals surface area contributed by atoms with E-state index in [-0.39, 0.29) is 18.2 Å². The van der Waals surface area contributed by atoms with Gasteiger partial charge in [-0.2, -0.15) is 0 Å². The van der Waals surface area contributed by atoms with Crippen molar-refractivity contribution in [3.8, 4) is 0 Å². The molecule has 0 radical (unpaired) electrons. The Balaban J connectivity index is 1.66. The van der Waals surface area contributed by atoms with Crippen LogP contribution in [0.3, 0.4) is 0 Å². The Hall–Kier alpha value is -1.68. The Morgan fingerprint density at radius 3 is 1.76 bits per heavy atom. The second kappa shape index (κ2) is 8.61. The molecule has 0 aliphatic heterocycles. The second-order valence-corrected chi connectivity index (χ2v) is 7.28. The third-order valence-electron chi connectivity index (χ3n) is 5.35. The van der Waals surface area contributed by atoms with E-state index in [0.29, 0.717) is 12.1 Å². The minimum Gasteiger partial charge on any atom is -0.393 e. The Labute approximate surface area is 151 Å². The normalized spacial score (nSPS) is 26.1. The van der Waals surface area contributed by atoms with Gasteiger partial charge >= 0.3 is 0 Å². The maximum Gasteiger partial charge on any atom is 0.0556 e. The summed E-state index contributed by atoms with van der Waals surface area (Å²) in [6, 6.07) is 22.3. The van der Waals surface area contributed by atoms with Crippen LogP contribution in [0.5, 0.6) is 0 Å². The van der Waals surface area contributed by atoms with Gasteiger partial charge in [0.25, 0.3) is 0 Å². The Kier molecular flexibility index (Phi) is 6.24. The molecule has 0 heterocycles. The zero-order valence-electron chi connectivity index (χ0n) is 15.2. The van der Waals surface area contributed by atoms with Gasteiger partial charge < -0.3 is 15.7 Å². The number of aliphatic hydroxyl groups excluding tert-OH is 1. The monoisotopic (exact) mass is 338 g/mol. The lowest BCUT2D eigenvalue weighted by molar-refractivity contribution is 0.0886. The largest absolute Gasteiger partial charge is 0.393 e. The highest BCUT2D eigenvalue weighted by molar-refractivity contribution is 5.20. The maximum atomic E-state index is 10.2. The highest BCUT2D eigenvalue weighted by Crippen LogP contribution is 2.25. The van der Waals surface area contributed by atoms with Crippen LogP contribution in [-0.2, 0) is 0 Å². The first-order chi connectivity index (χ1) is 12.1. The molecule has 1 saturated carbocycles. The molecule has 134 valence electrons. The van der Waals surface area contributed by atoms with Gasteiger partial charge in [-0.1, -0.05) is 60.7 Å². The van der Waals surface area contributed by atoms with Gasteiger partial charge in [-0.25, -0.2) is 0 Å². The molecule has 0 amide bonds. The molecular weight excluding hydrogens is 308 g/mol. The Bertz CT molecular complexity index is 631. The van der Waals surface area contributed by atoms with E-state index in [9.17, 15) is 5.11 Å². The van der Waals surface area contributed by atoms with Gasteiger partial charge in [-0.15, -0.1) is 0 Å². The van der Waals surface area contributed by atoms with Crippen LogP contribution in [0.2, 0.25) is 0 Å². The number of benzene rings is 2. The van der Waals surface area contributed by atoms with Crippen molar-refractivity contribution < 1.29 is 5.11 Å². The van der Waals surface area contributed by atoms with Crippen LogP contribution in [0.1, 0.15) is 56.3 Å². The first kappa shape index (κ1) is 18.1. The van der Waals surface area contributed by atoms with Crippen LogP contribution >= 0.6 is 0 Å². The molecule has 25 heavy (non-hydrogen) atoms. The summed E-state index contributed by atoms with van der Waals surface area (Å²) < 4.78 is 0. The average Bonchev–Trinajstić information content (AvgIpc) is 2.65. The third-order valence-corrected chi connectivity index (χ3v) is 5.35. The van der Waals surface area contributed by atoms with Gasteiger partial charge in [-0.3, -0.25) is 0 Å². The SMILES string of the molecule is C[C@H](N[C@@H]1CC[C@@H](O)C[C@H]1N[C@@H](C)c1ccccc1)c1ccccc1. The molecule has 0 saturated heterocycles. The van der Waals surface area contributed by atoms with Gasteiger partial charge in [0.15, 0.2) is 0 Å². The molecule has 0 aromatic heterocycles. The molecular formula is C22H30N2O. The number of hydrogen-bond donors (Lipinski definition) is 3. The lowest BCUT2D eigenvalue weighted by Gasteiger charge is -2.38. The van der Waals surface area contributed by atoms with Gasteiger partial charge in [-0.05, 0) is 44.2 Å². The molecule has 3 N–H and O–H groups in total. The molecule has 0 spiro atoms. The van der Waals surface area contributed by atoms with Crippen LogP contribution in [0, 0.1) is 0 Å². The fourth-order valence-corrected chi connectivity index (χ4v) is 3.85. The average molecular weight is 338 g/mol. The van der Waals surface area contributed by atoms with E-state index in [2.05, 4.69) is 79.1 Å². The summed E-state index contributed by atoms with van der Waals surface area (Å²) >= 11 is 0. The Morgan fingerprint density at radius 2 is 1.24 bits per heavy atom. The first-order valence-corrected chi connectivity index (χ1v) is 9.43. The number of hydrogen-bond acceptors (Lipinski definition) is 3. The third kappa shape index (κ3) is 4.91. The van der Waals surface area contributed by atoms with Crippen LogP contribution < -0.4 is 10.6 Å². The smallest absolute Gasteiger partial charge is 0.0556 e. The minimum atomic E-state index is -0.203. The van der Waals surface area contributed by atoms with Crippen molar-refractivity contribution in [1.82, 2.24) is 10.6 Å². The second-order valence-electron chi connectivity index (χ2n) is 7.28. The maximum absolute atomic E-state index is 10.2. The topological polar surface area (TPSA) is 44.3 Å². The summed E-state index contributed by atoms with van der Waals surface area (Å²) in [6.07, 6.45) is 2.47. The van der Waals surface area contributed by atoms with Crippen molar-refractivity contribution >= 4 is 0 Å². The zero-order chi connectivity index (χ0) is 17.6. The molecule has 3 rings (SSSR count). The van der Waals surface area contributed by atoms with Crippen LogP contribution in [-0.4, -0.2) is 23.3 Å². The van der Waals surface area contributed by atoms with Crippen molar-refractivity contribution in [3.05, 3.63) is 71.8 Å². The summed E-state index contributed by atoms with van der Waals surface area (Å²) in [4.78, 5) is 0. The van der Waals surface area contributed by atoms with Crippen molar-refractivity contribution in [2.75, 3.05) is 0 Å². The summed E-state index contributed by atoms with van der Waals surface area (Å²) in [5.74, 6) is 0. The van der Waals surface area contributed by atoms with Crippen LogP contribution in [0.15, 0.2) is 60.7 Å². The van der Waals surface area contributed by atoms with Gasteiger partial charge in [0.1, 0.15) is 0 Å². The summed E-state index contributed by atoms with van der Waals surface area (Å²) in [7, 11) is 0. The van der Waals surface area contributed by atoms with E-state index < -0.39 is 0 Å². The molecule has 1 fully saturated rings. The van der Waals surface area contributed by atoms with E-state index in [1.165, 1.54) is 11.1 Å². The van der Waals surface area contributed by atoms with Gasteiger partial charge in [0, 0.05) is 24.2 Å². The molecule has 2 aromatic rings. The molecule has 5 atom stereocenters. The quantitative estimate of drug-likeness (QED) is 0.747. The van der Waals surface area contributed by atoms with Crippen LogP contribution in [0.25, 0.3) is 0 Å². The predicted molar refractivity (Wildman–Crippen MR) is 103 cm³/mol. The minimum absolute atomic E-state index is 0.203. The van der Waals surface area contributed by atoms with E-state index in [0.717, 1.165) is 19.3 Å². The highest BCUT2D eigenvalue weighted by atomic mass is 16.3. The molecule has 3 heteroatoms. The van der Waals surface area contributed by atoms with E-state index >= 15 is 0 Å². The first-order valence-electron chi connectivity index (χ1n) is 9.43. The molecule has 2 aromatic carbocycles. The number of aliphatic hydroxyl groups is 1. The standard InChI is InChI=1S/C22H30N2O/c1-16(18-9-5-3-6-10-18)23-21-14-13-20(25)15-22(21)24-17(2)19-11-7-4-8-12-19/h3-12,16-17,20-25H,13-15H2,1-2H3/t16-,17-,20+,21+,22+/m0/s1. The van der Waals surface area contributed by atoms with Gasteiger partial charge in [0.2, 0.25) is 0 Å². The van der Waals surface area contributed by atoms with E-state index in [4.69, 9.17) is 0 Å². The molecule has 0 bridgehead atoms. The van der Waals surface area contributed by atoms with Gasteiger partial charge in [0.05, 0.1) is 6.10 Å². The number of nitrogens with one attached hydrogen (secondary N) is 2. The van der Waals surface area contributed by atoms with Crippen molar-refractivity contribution in [1.29, 1.82) is 0 Å². The lowest BCUT2D eigenvalue weighted by Crippen LogP contribution is -2.53. The highest BCUT2D eigenvalue weighted by Gasteiger charge is 2.31. The number of rotatable bonds is 6. The molecule has 1 aliphatic rings. The molecule has 3 nitrogen and oxygen atoms in total. The van der Waals surface area contributed by atoms with Crippen molar-refractivity contribution in [2.24, 2.45) is 0 Å². The fraction of sp³-hybridized carbons (Fsp3) is 0.455. The van der Waals surface area contributed by atoms with Crippen LogP contribution in [0.4, 0.5) is 0 Å². The van der Waals surface area contributed by atoms with Crippen molar-refractivity contribution in [3.63, 3.8) is 0 Å². The fourth-order valence-electron chi connectivity index (χ4n) is 3.85. The van der Waals surface area contributed by atoms with E-state index in [1.54, 1.807) is 0 Å². The van der Waals surface area contributed by atoms with E-state index in [1.807, 2.05) is 6.07 Å². The van der Waals surface area contributed by atoms with Crippen molar-refractivity contribution in [2.45, 2.75) is 63.4 Å². The lowest BCUT2D eigenvalue weighted by atomic mass is 9.86. The summed E-state index contributed by atoms with van der Waals surface area (Å²) in [6.45, 7) is 4.42. The summed E-state index contributed by atoms with van der Waals surface area (Å²) in [5.41, 5.74) is 2.60. The summed E-state index contributed by atoms with van der Waals surface area (Å²) in [5, 5.41) is 17.7. The molecule has 0 unspecified atom stereocenters. The Morgan fingerprint density at radius 1 is 0.760 bits per heavy atom.